The van der Waals surface area contributed by atoms with Crippen LogP contribution in [0.5, 0.6) is 11.5 Å². The number of hydrogen-bond donors (Lipinski definition) is 1. The number of aryl methyl sites for hydroxylation is 1. The Hall–Kier alpha value is -2.04. The summed E-state index contributed by atoms with van der Waals surface area (Å²) in [6.45, 7) is 6.71. The van der Waals surface area contributed by atoms with Crippen LogP contribution in [0.3, 0.4) is 0 Å². The molecule has 4 nitrogen and oxygen atoms in total. The maximum absolute atomic E-state index is 11.3. The van der Waals surface area contributed by atoms with Crippen LogP contribution in [0.4, 0.5) is 0 Å². The molecule has 3 rings (SSSR count). The molecule has 0 saturated heterocycles. The normalized spacial score (nSPS) is 16.6. The summed E-state index contributed by atoms with van der Waals surface area (Å²) in [4.78, 5) is 0. The highest BCUT2D eigenvalue weighted by molar-refractivity contribution is 5.41. The van der Waals surface area contributed by atoms with Crippen LogP contribution >= 0.6 is 0 Å². The first-order chi connectivity index (χ1) is 14.0. The Morgan fingerprint density at radius 1 is 1.07 bits per heavy atom. The summed E-state index contributed by atoms with van der Waals surface area (Å²) in [5, 5.41) is 11.3. The van der Waals surface area contributed by atoms with E-state index in [2.05, 4.69) is 13.0 Å². The molecule has 0 unspecified atom stereocenters. The molecule has 1 aliphatic rings. The lowest BCUT2D eigenvalue weighted by Crippen LogP contribution is -2.29. The minimum absolute atomic E-state index is 0.220. The second-order valence-corrected chi connectivity index (χ2v) is 7.93. The Morgan fingerprint density at radius 2 is 1.83 bits per heavy atom. The third kappa shape index (κ3) is 5.31. The van der Waals surface area contributed by atoms with E-state index in [1.54, 1.807) is 7.11 Å². The van der Waals surface area contributed by atoms with Crippen molar-refractivity contribution >= 4 is 0 Å². The molecule has 2 atom stereocenters. The van der Waals surface area contributed by atoms with Gasteiger partial charge in [-0.25, -0.2) is 0 Å². The van der Waals surface area contributed by atoms with Gasteiger partial charge in [0.2, 0.25) is 0 Å². The Balaban J connectivity index is 1.87. The molecule has 0 heterocycles. The number of hydrogen-bond acceptors (Lipinski definition) is 4. The Labute approximate surface area is 174 Å². The van der Waals surface area contributed by atoms with Crippen LogP contribution in [0, 0.1) is 13.8 Å². The lowest BCUT2D eigenvalue weighted by atomic mass is 9.94. The van der Waals surface area contributed by atoms with Gasteiger partial charge in [0.25, 0.3) is 0 Å². The highest BCUT2D eigenvalue weighted by Gasteiger charge is 2.28. The van der Waals surface area contributed by atoms with E-state index in [-0.39, 0.29) is 12.2 Å². The highest BCUT2D eigenvalue weighted by atomic mass is 16.5. The largest absolute Gasteiger partial charge is 0.496 e. The number of aliphatic hydroxyl groups is 1. The van der Waals surface area contributed by atoms with Crippen molar-refractivity contribution in [1.82, 2.24) is 0 Å². The monoisotopic (exact) mass is 398 g/mol. The molecular formula is C25H34O4. The van der Waals surface area contributed by atoms with E-state index in [0.29, 0.717) is 13.0 Å². The van der Waals surface area contributed by atoms with Crippen molar-refractivity contribution in [2.24, 2.45) is 0 Å². The molecule has 0 aliphatic heterocycles. The Kier molecular flexibility index (Phi) is 7.57. The topological polar surface area (TPSA) is 47.9 Å². The minimum atomic E-state index is -0.722. The van der Waals surface area contributed by atoms with Crippen molar-refractivity contribution in [1.29, 1.82) is 0 Å². The van der Waals surface area contributed by atoms with Crippen LogP contribution in [0.25, 0.3) is 0 Å². The van der Waals surface area contributed by atoms with E-state index in [1.165, 1.54) is 12.8 Å². The van der Waals surface area contributed by atoms with Gasteiger partial charge in [0.15, 0.2) is 0 Å². The van der Waals surface area contributed by atoms with E-state index in [1.807, 2.05) is 44.2 Å². The van der Waals surface area contributed by atoms with E-state index >= 15 is 0 Å². The summed E-state index contributed by atoms with van der Waals surface area (Å²) < 4.78 is 17.7. The average Bonchev–Trinajstić information content (AvgIpc) is 3.23. The van der Waals surface area contributed by atoms with Gasteiger partial charge < -0.3 is 19.3 Å². The van der Waals surface area contributed by atoms with Crippen molar-refractivity contribution < 1.29 is 19.3 Å². The van der Waals surface area contributed by atoms with E-state index in [4.69, 9.17) is 14.2 Å². The molecule has 1 fully saturated rings. The van der Waals surface area contributed by atoms with Crippen LogP contribution < -0.4 is 9.47 Å². The van der Waals surface area contributed by atoms with Crippen LogP contribution in [0.15, 0.2) is 36.4 Å². The zero-order chi connectivity index (χ0) is 20.8. The zero-order valence-electron chi connectivity index (χ0n) is 18.1. The van der Waals surface area contributed by atoms with Gasteiger partial charge in [-0.15, -0.1) is 0 Å². The molecule has 4 heteroatoms. The minimum Gasteiger partial charge on any atom is -0.496 e. The Morgan fingerprint density at radius 3 is 2.52 bits per heavy atom. The summed E-state index contributed by atoms with van der Waals surface area (Å²) in [5.74, 6) is 1.69. The van der Waals surface area contributed by atoms with Crippen molar-refractivity contribution in [2.75, 3.05) is 13.7 Å². The molecule has 1 N–H and O–H groups in total. The fourth-order valence-corrected chi connectivity index (χ4v) is 4.15. The first-order valence-electron chi connectivity index (χ1n) is 10.7. The predicted octanol–water partition coefficient (Wildman–Crippen LogP) is 5.31. The molecule has 0 radical (unpaired) electrons. The molecule has 2 aromatic rings. The van der Waals surface area contributed by atoms with Crippen LogP contribution in [-0.2, 0) is 11.2 Å². The maximum Gasteiger partial charge on any atom is 0.122 e. The van der Waals surface area contributed by atoms with E-state index in [9.17, 15) is 5.11 Å². The number of methoxy groups -OCH3 is 1. The quantitative estimate of drug-likeness (QED) is 0.621. The van der Waals surface area contributed by atoms with Gasteiger partial charge in [0.1, 0.15) is 17.6 Å². The number of aliphatic hydroxyl groups excluding tert-OH is 1. The van der Waals surface area contributed by atoms with Crippen molar-refractivity contribution in [3.8, 4) is 11.5 Å². The molecule has 0 amide bonds. The molecule has 0 spiro atoms. The molecule has 0 aromatic heterocycles. The van der Waals surface area contributed by atoms with E-state index in [0.717, 1.165) is 46.6 Å². The maximum atomic E-state index is 11.3. The molecule has 0 bridgehead atoms. The molecular weight excluding hydrogens is 364 g/mol. The van der Waals surface area contributed by atoms with Gasteiger partial charge in [0.05, 0.1) is 25.9 Å². The Bertz CT molecular complexity index is 795. The second kappa shape index (κ2) is 10.1. The molecule has 158 valence electrons. The smallest absolute Gasteiger partial charge is 0.122 e. The van der Waals surface area contributed by atoms with Crippen LogP contribution in [-0.4, -0.2) is 31.0 Å². The van der Waals surface area contributed by atoms with Gasteiger partial charge >= 0.3 is 0 Å². The molecule has 1 aliphatic carbocycles. The lowest BCUT2D eigenvalue weighted by Gasteiger charge is -2.28. The molecule has 1 saturated carbocycles. The van der Waals surface area contributed by atoms with E-state index < -0.39 is 6.10 Å². The fourth-order valence-electron chi connectivity index (χ4n) is 4.15. The molecule has 2 aromatic carbocycles. The third-order valence-electron chi connectivity index (χ3n) is 5.91. The summed E-state index contributed by atoms with van der Waals surface area (Å²) in [6, 6.07) is 12.0. The number of ether oxygens (including phenoxy) is 3. The third-order valence-corrected chi connectivity index (χ3v) is 5.91. The van der Waals surface area contributed by atoms with Gasteiger partial charge in [0, 0.05) is 6.42 Å². The van der Waals surface area contributed by atoms with Crippen LogP contribution in [0.1, 0.15) is 61.0 Å². The summed E-state index contributed by atoms with van der Waals surface area (Å²) in [5.41, 5.74) is 4.14. The summed E-state index contributed by atoms with van der Waals surface area (Å²) in [6.07, 6.45) is 4.35. The standard InChI is InChI=1S/C25H34O4/c1-5-28-22-12-8-9-19(18(22)3)15-24(29-21-10-6-7-11-21)25(26)20-14-13-17(2)23(16-20)27-4/h8-9,12-14,16,21,24-26H,5-7,10-11,15H2,1-4H3/t24-,25+/m0/s1. The second-order valence-electron chi connectivity index (χ2n) is 7.93. The summed E-state index contributed by atoms with van der Waals surface area (Å²) >= 11 is 0. The lowest BCUT2D eigenvalue weighted by molar-refractivity contribution is -0.0753. The van der Waals surface area contributed by atoms with Crippen LogP contribution in [0.2, 0.25) is 0 Å². The van der Waals surface area contributed by atoms with Crippen molar-refractivity contribution in [3.63, 3.8) is 0 Å². The first kappa shape index (κ1) is 21.7. The average molecular weight is 399 g/mol. The summed E-state index contributed by atoms with van der Waals surface area (Å²) in [7, 11) is 1.66. The van der Waals surface area contributed by atoms with Gasteiger partial charge in [-0.1, -0.05) is 37.1 Å². The van der Waals surface area contributed by atoms with Gasteiger partial charge in [-0.05, 0) is 68.0 Å². The van der Waals surface area contributed by atoms with Gasteiger partial charge in [-0.3, -0.25) is 0 Å². The SMILES string of the molecule is CCOc1cccc(C[C@H](OC2CCCC2)[C@H](O)c2ccc(C)c(OC)c2)c1C. The van der Waals surface area contributed by atoms with Crippen molar-refractivity contribution in [2.45, 2.75) is 71.2 Å². The molecule has 29 heavy (non-hydrogen) atoms. The number of rotatable bonds is 9. The zero-order valence-corrected chi connectivity index (χ0v) is 18.1. The first-order valence-corrected chi connectivity index (χ1v) is 10.7. The number of benzene rings is 2. The predicted molar refractivity (Wildman–Crippen MR) is 116 cm³/mol. The van der Waals surface area contributed by atoms with Gasteiger partial charge in [-0.2, -0.15) is 0 Å². The fraction of sp³-hybridized carbons (Fsp3) is 0.520. The van der Waals surface area contributed by atoms with Crippen molar-refractivity contribution in [3.05, 3.63) is 58.7 Å². The highest BCUT2D eigenvalue weighted by Crippen LogP contribution is 2.32.